The van der Waals surface area contributed by atoms with Crippen molar-refractivity contribution in [3.63, 3.8) is 0 Å². The van der Waals surface area contributed by atoms with E-state index in [2.05, 4.69) is 33.0 Å². The molecule has 88 valence electrons. The summed E-state index contributed by atoms with van der Waals surface area (Å²) >= 11 is 1.89. The van der Waals surface area contributed by atoms with Crippen LogP contribution in [0.2, 0.25) is 0 Å². The Balaban J connectivity index is 2.41. The SMILES string of the molecule is CCCC(CC)NC1=NC(C(C)C)CS1. The molecule has 0 amide bonds. The number of hydrogen-bond acceptors (Lipinski definition) is 3. The fraction of sp³-hybridized carbons (Fsp3) is 0.917. The van der Waals surface area contributed by atoms with Gasteiger partial charge in [0.05, 0.1) is 6.04 Å². The second kappa shape index (κ2) is 6.41. The zero-order valence-electron chi connectivity index (χ0n) is 10.4. The van der Waals surface area contributed by atoms with E-state index in [4.69, 9.17) is 4.99 Å². The van der Waals surface area contributed by atoms with Crippen LogP contribution in [0, 0.1) is 5.92 Å². The molecule has 1 aliphatic heterocycles. The minimum Gasteiger partial charge on any atom is -0.362 e. The maximum absolute atomic E-state index is 4.73. The first-order valence-corrected chi connectivity index (χ1v) is 7.13. The number of hydrogen-bond donors (Lipinski definition) is 1. The Morgan fingerprint density at radius 3 is 2.67 bits per heavy atom. The molecular weight excluding hydrogens is 204 g/mol. The predicted molar refractivity (Wildman–Crippen MR) is 70.6 cm³/mol. The van der Waals surface area contributed by atoms with Gasteiger partial charge in [-0.25, -0.2) is 0 Å². The highest BCUT2D eigenvalue weighted by Crippen LogP contribution is 2.22. The summed E-state index contributed by atoms with van der Waals surface area (Å²) in [6, 6.07) is 1.14. The van der Waals surface area contributed by atoms with E-state index in [-0.39, 0.29) is 0 Å². The van der Waals surface area contributed by atoms with Crippen LogP contribution in [0.5, 0.6) is 0 Å². The molecule has 2 nitrogen and oxygen atoms in total. The lowest BCUT2D eigenvalue weighted by Gasteiger charge is -2.16. The van der Waals surface area contributed by atoms with Gasteiger partial charge in [0.15, 0.2) is 5.17 Å². The van der Waals surface area contributed by atoms with Gasteiger partial charge in [-0.3, -0.25) is 4.99 Å². The maximum Gasteiger partial charge on any atom is 0.157 e. The summed E-state index contributed by atoms with van der Waals surface area (Å²) in [5.74, 6) is 1.82. The van der Waals surface area contributed by atoms with Crippen LogP contribution < -0.4 is 5.32 Å². The quantitative estimate of drug-likeness (QED) is 0.781. The average Bonchev–Trinajstić information content (AvgIpc) is 2.65. The number of thioether (sulfide) groups is 1. The predicted octanol–water partition coefficient (Wildman–Crippen LogP) is 3.28. The van der Waals surface area contributed by atoms with Crippen LogP contribution in [-0.2, 0) is 0 Å². The van der Waals surface area contributed by atoms with Crippen molar-refractivity contribution in [3.05, 3.63) is 0 Å². The van der Waals surface area contributed by atoms with Crippen molar-refractivity contribution in [2.45, 2.75) is 59.0 Å². The molecular formula is C12H24N2S. The van der Waals surface area contributed by atoms with E-state index in [0.29, 0.717) is 18.0 Å². The van der Waals surface area contributed by atoms with Crippen molar-refractivity contribution in [2.75, 3.05) is 5.75 Å². The zero-order chi connectivity index (χ0) is 11.3. The van der Waals surface area contributed by atoms with Gasteiger partial charge in [-0.15, -0.1) is 0 Å². The van der Waals surface area contributed by atoms with Gasteiger partial charge in [0, 0.05) is 11.8 Å². The van der Waals surface area contributed by atoms with Crippen molar-refractivity contribution in [1.29, 1.82) is 0 Å². The lowest BCUT2D eigenvalue weighted by Crippen LogP contribution is -2.31. The number of aliphatic imine (C=N–C) groups is 1. The molecule has 0 radical (unpaired) electrons. The number of amidine groups is 1. The lowest BCUT2D eigenvalue weighted by atomic mass is 10.1. The highest BCUT2D eigenvalue weighted by molar-refractivity contribution is 8.14. The first-order chi connectivity index (χ1) is 7.17. The van der Waals surface area contributed by atoms with Crippen molar-refractivity contribution < 1.29 is 0 Å². The third-order valence-electron chi connectivity index (χ3n) is 2.90. The summed E-state index contributed by atoms with van der Waals surface area (Å²) in [5, 5.41) is 4.74. The third-order valence-corrected chi connectivity index (χ3v) is 3.91. The van der Waals surface area contributed by atoms with E-state index in [0.717, 1.165) is 5.75 Å². The Labute approximate surface area is 98.3 Å². The second-order valence-electron chi connectivity index (χ2n) is 4.59. The minimum atomic E-state index is 0.525. The van der Waals surface area contributed by atoms with Gasteiger partial charge in [0.1, 0.15) is 0 Å². The van der Waals surface area contributed by atoms with Crippen LogP contribution in [0.4, 0.5) is 0 Å². The van der Waals surface area contributed by atoms with Crippen molar-refractivity contribution in [3.8, 4) is 0 Å². The smallest absolute Gasteiger partial charge is 0.157 e. The molecule has 1 rings (SSSR count). The number of nitrogens with one attached hydrogen (secondary N) is 1. The first-order valence-electron chi connectivity index (χ1n) is 6.14. The molecule has 1 aliphatic rings. The van der Waals surface area contributed by atoms with Crippen molar-refractivity contribution in [2.24, 2.45) is 10.9 Å². The molecule has 0 aromatic rings. The molecule has 2 unspecified atom stereocenters. The molecule has 15 heavy (non-hydrogen) atoms. The van der Waals surface area contributed by atoms with E-state index in [9.17, 15) is 0 Å². The third kappa shape index (κ3) is 4.06. The summed E-state index contributed by atoms with van der Waals surface area (Å²) in [6.07, 6.45) is 3.69. The molecule has 0 bridgehead atoms. The van der Waals surface area contributed by atoms with Crippen LogP contribution in [0.3, 0.4) is 0 Å². The molecule has 2 atom stereocenters. The summed E-state index contributed by atoms with van der Waals surface area (Å²) in [5.41, 5.74) is 0. The topological polar surface area (TPSA) is 24.4 Å². The van der Waals surface area contributed by atoms with Gasteiger partial charge < -0.3 is 5.32 Å². The molecule has 0 spiro atoms. The summed E-state index contributed by atoms with van der Waals surface area (Å²) in [4.78, 5) is 4.73. The molecule has 0 saturated carbocycles. The van der Waals surface area contributed by atoms with Gasteiger partial charge in [-0.05, 0) is 18.8 Å². The summed E-state index contributed by atoms with van der Waals surface area (Å²) in [7, 11) is 0. The van der Waals surface area contributed by atoms with Gasteiger partial charge in [0.25, 0.3) is 0 Å². The summed E-state index contributed by atoms with van der Waals surface area (Å²) < 4.78 is 0. The Bertz CT molecular complexity index is 214. The Morgan fingerprint density at radius 1 is 1.47 bits per heavy atom. The maximum atomic E-state index is 4.73. The van der Waals surface area contributed by atoms with Crippen LogP contribution in [-0.4, -0.2) is 23.0 Å². The largest absolute Gasteiger partial charge is 0.362 e. The van der Waals surface area contributed by atoms with Gasteiger partial charge in [0.2, 0.25) is 0 Å². The molecule has 0 aliphatic carbocycles. The Kier molecular flexibility index (Phi) is 5.51. The van der Waals surface area contributed by atoms with Crippen LogP contribution in [0.25, 0.3) is 0 Å². The fourth-order valence-electron chi connectivity index (χ4n) is 1.71. The lowest BCUT2D eigenvalue weighted by molar-refractivity contribution is 0.525. The van der Waals surface area contributed by atoms with Crippen LogP contribution in [0.15, 0.2) is 4.99 Å². The standard InChI is InChI=1S/C12H24N2S/c1-5-7-10(6-2)13-12-14-11(8-15-12)9(3)4/h9-11H,5-8H2,1-4H3,(H,13,14). The normalized spacial score (nSPS) is 23.0. The highest BCUT2D eigenvalue weighted by atomic mass is 32.2. The Hall–Kier alpha value is -0.180. The molecule has 0 aromatic carbocycles. The number of nitrogens with zero attached hydrogens (tertiary/aromatic N) is 1. The van der Waals surface area contributed by atoms with Crippen LogP contribution >= 0.6 is 11.8 Å². The molecule has 1 N–H and O–H groups in total. The molecule has 3 heteroatoms. The first kappa shape index (κ1) is 12.9. The minimum absolute atomic E-state index is 0.525. The van der Waals surface area contributed by atoms with E-state index in [1.807, 2.05) is 11.8 Å². The second-order valence-corrected chi connectivity index (χ2v) is 5.60. The van der Waals surface area contributed by atoms with Gasteiger partial charge in [-0.2, -0.15) is 0 Å². The van der Waals surface area contributed by atoms with E-state index in [1.165, 1.54) is 24.4 Å². The fourth-order valence-corrected chi connectivity index (χ4v) is 2.96. The average molecular weight is 228 g/mol. The monoisotopic (exact) mass is 228 g/mol. The molecule has 0 fully saturated rings. The zero-order valence-corrected chi connectivity index (χ0v) is 11.2. The Morgan fingerprint density at radius 2 is 2.20 bits per heavy atom. The summed E-state index contributed by atoms with van der Waals surface area (Å²) in [6.45, 7) is 8.99. The van der Waals surface area contributed by atoms with Crippen LogP contribution in [0.1, 0.15) is 47.0 Å². The van der Waals surface area contributed by atoms with Crippen molar-refractivity contribution in [1.82, 2.24) is 5.32 Å². The number of rotatable bonds is 5. The molecule has 0 aromatic heterocycles. The highest BCUT2D eigenvalue weighted by Gasteiger charge is 2.22. The van der Waals surface area contributed by atoms with E-state index >= 15 is 0 Å². The van der Waals surface area contributed by atoms with Gasteiger partial charge in [-0.1, -0.05) is 45.9 Å². The van der Waals surface area contributed by atoms with Crippen molar-refractivity contribution >= 4 is 16.9 Å². The molecule has 1 heterocycles. The van der Waals surface area contributed by atoms with E-state index < -0.39 is 0 Å². The van der Waals surface area contributed by atoms with Gasteiger partial charge >= 0.3 is 0 Å². The molecule has 0 saturated heterocycles. The van der Waals surface area contributed by atoms with E-state index in [1.54, 1.807) is 0 Å².